The zero-order chi connectivity index (χ0) is 24.3. The topological polar surface area (TPSA) is 78.9 Å². The van der Waals surface area contributed by atoms with Crippen molar-refractivity contribution in [3.8, 4) is 0 Å². The molecule has 0 spiro atoms. The highest BCUT2D eigenvalue weighted by Crippen LogP contribution is 2.51. The van der Waals surface area contributed by atoms with Crippen molar-refractivity contribution in [1.82, 2.24) is 10.2 Å². The van der Waals surface area contributed by atoms with Gasteiger partial charge in [0.2, 0.25) is 0 Å². The highest BCUT2D eigenvalue weighted by Gasteiger charge is 2.52. The van der Waals surface area contributed by atoms with Gasteiger partial charge in [0.1, 0.15) is 11.6 Å². The van der Waals surface area contributed by atoms with E-state index in [-0.39, 0.29) is 17.6 Å². The molecule has 2 N–H and O–H groups in total. The number of hydrogen-bond donors (Lipinski definition) is 2. The van der Waals surface area contributed by atoms with Gasteiger partial charge >= 0.3 is 12.1 Å². The smallest absolute Gasteiger partial charge is 0.410 e. The Labute approximate surface area is 202 Å². The summed E-state index contributed by atoms with van der Waals surface area (Å²) in [7, 11) is 0. The molecule has 0 unspecified atom stereocenters. The van der Waals surface area contributed by atoms with Crippen LogP contribution in [0.3, 0.4) is 0 Å². The fourth-order valence-corrected chi connectivity index (χ4v) is 4.59. The maximum Gasteiger partial charge on any atom is 0.410 e. The monoisotopic (exact) mass is 464 g/mol. The van der Waals surface area contributed by atoms with Gasteiger partial charge in [0.25, 0.3) is 0 Å². The quantitative estimate of drug-likeness (QED) is 0.526. The second-order valence-corrected chi connectivity index (χ2v) is 10.9. The van der Waals surface area contributed by atoms with Crippen LogP contribution in [0.25, 0.3) is 0 Å². The predicted octanol–water partition coefficient (Wildman–Crippen LogP) is 4.85. The van der Waals surface area contributed by atoms with Crippen LogP contribution in [0.15, 0.2) is 60.7 Å². The van der Waals surface area contributed by atoms with Crippen LogP contribution in [0.1, 0.15) is 57.1 Å². The van der Waals surface area contributed by atoms with Gasteiger partial charge in [-0.1, -0.05) is 60.7 Å². The Balaban J connectivity index is 1.43. The number of nitrogens with one attached hydrogen (secondary N) is 1. The van der Waals surface area contributed by atoms with Crippen LogP contribution in [0.2, 0.25) is 0 Å². The number of carbonyl (C=O) groups excluding carboxylic acids is 1. The zero-order valence-corrected chi connectivity index (χ0v) is 20.4. The molecule has 34 heavy (non-hydrogen) atoms. The maximum absolute atomic E-state index is 13.2. The Morgan fingerprint density at radius 2 is 1.71 bits per heavy atom. The fourth-order valence-electron chi connectivity index (χ4n) is 4.59. The molecule has 0 aromatic heterocycles. The summed E-state index contributed by atoms with van der Waals surface area (Å²) in [5.74, 6) is -0.530. The highest BCUT2D eigenvalue weighted by molar-refractivity contribution is 5.74. The van der Waals surface area contributed by atoms with Crippen molar-refractivity contribution < 1.29 is 19.4 Å². The molecule has 0 bridgehead atoms. The maximum atomic E-state index is 13.2. The number of aliphatic carboxylic acids is 1. The number of rotatable bonds is 10. The number of carbonyl (C=O) groups is 2. The number of carboxylic acids is 1. The van der Waals surface area contributed by atoms with Crippen LogP contribution in [-0.2, 0) is 16.0 Å². The van der Waals surface area contributed by atoms with Crippen molar-refractivity contribution in [2.75, 3.05) is 13.1 Å². The van der Waals surface area contributed by atoms with Gasteiger partial charge in [0, 0.05) is 30.5 Å². The average molecular weight is 465 g/mol. The van der Waals surface area contributed by atoms with Gasteiger partial charge < -0.3 is 20.1 Å². The van der Waals surface area contributed by atoms with E-state index >= 15 is 0 Å². The van der Waals surface area contributed by atoms with Crippen LogP contribution >= 0.6 is 0 Å². The standard InChI is InChI=1S/C28H36N2O4/c1-27(2,3)34-26(33)30(24-17-22(24)21-12-8-5-9-13-21)19-28(14-15-28)18-29-23(25(31)32)16-20-10-6-4-7-11-20/h4-13,22-24,29H,14-19H2,1-3H3,(H,31,32)/t22-,23-,24+/m0/s1. The van der Waals surface area contributed by atoms with Gasteiger partial charge in [0.05, 0.1) is 0 Å². The molecule has 3 atom stereocenters. The molecule has 4 rings (SSSR count). The van der Waals surface area contributed by atoms with Crippen molar-refractivity contribution in [3.05, 3.63) is 71.8 Å². The van der Waals surface area contributed by atoms with Crippen LogP contribution in [0, 0.1) is 5.41 Å². The number of carboxylic acid groups (broad SMARTS) is 1. The highest BCUT2D eigenvalue weighted by atomic mass is 16.6. The van der Waals surface area contributed by atoms with Crippen LogP contribution in [-0.4, -0.2) is 52.8 Å². The number of nitrogens with zero attached hydrogens (tertiary/aromatic N) is 1. The minimum atomic E-state index is -0.852. The normalized spacial score (nSPS) is 21.4. The van der Waals surface area contributed by atoms with Crippen molar-refractivity contribution in [2.45, 2.75) is 70.1 Å². The minimum absolute atomic E-state index is 0.106. The third-order valence-electron chi connectivity index (χ3n) is 6.78. The number of benzene rings is 2. The first-order valence-corrected chi connectivity index (χ1v) is 12.2. The summed E-state index contributed by atoms with van der Waals surface area (Å²) in [6, 6.07) is 19.5. The summed E-state index contributed by atoms with van der Waals surface area (Å²) in [6.45, 7) is 6.82. The molecule has 0 saturated heterocycles. The lowest BCUT2D eigenvalue weighted by Crippen LogP contribution is -2.47. The first kappa shape index (κ1) is 24.3. The lowest BCUT2D eigenvalue weighted by Gasteiger charge is -2.31. The molecular weight excluding hydrogens is 428 g/mol. The third kappa shape index (κ3) is 6.38. The van der Waals surface area contributed by atoms with E-state index in [4.69, 9.17) is 4.74 Å². The number of hydrogen-bond acceptors (Lipinski definition) is 4. The molecule has 2 saturated carbocycles. The van der Waals surface area contributed by atoms with Gasteiger partial charge in [0.15, 0.2) is 0 Å². The van der Waals surface area contributed by atoms with Gasteiger partial charge in [-0.3, -0.25) is 4.79 Å². The van der Waals surface area contributed by atoms with E-state index in [1.807, 2.05) is 74.2 Å². The SMILES string of the molecule is CC(C)(C)OC(=O)N(CC1(CN[C@@H](Cc2ccccc2)C(=O)O)CC1)[C@@H]1C[C@H]1c1ccccc1. The molecule has 6 nitrogen and oxygen atoms in total. The average Bonchev–Trinajstić information content (AvgIpc) is 3.71. The van der Waals surface area contributed by atoms with Crippen molar-refractivity contribution in [3.63, 3.8) is 0 Å². The summed E-state index contributed by atoms with van der Waals surface area (Å²) >= 11 is 0. The second kappa shape index (κ2) is 9.79. The Morgan fingerprint density at radius 1 is 1.09 bits per heavy atom. The molecule has 0 radical (unpaired) electrons. The summed E-state index contributed by atoms with van der Waals surface area (Å²) in [5, 5.41) is 13.0. The molecule has 1 amide bonds. The van der Waals surface area contributed by atoms with Crippen molar-refractivity contribution >= 4 is 12.1 Å². The molecule has 0 aliphatic heterocycles. The first-order chi connectivity index (χ1) is 16.2. The van der Waals surface area contributed by atoms with Crippen LogP contribution in [0.5, 0.6) is 0 Å². The lowest BCUT2D eigenvalue weighted by molar-refractivity contribution is -0.139. The second-order valence-electron chi connectivity index (χ2n) is 10.9. The van der Waals surface area contributed by atoms with Crippen molar-refractivity contribution in [1.29, 1.82) is 0 Å². The molecule has 2 aliphatic carbocycles. The molecular formula is C28H36N2O4. The molecule has 6 heteroatoms. The molecule has 2 aromatic carbocycles. The minimum Gasteiger partial charge on any atom is -0.480 e. The summed E-state index contributed by atoms with van der Waals surface area (Å²) in [6.07, 6.45) is 3.03. The molecule has 182 valence electrons. The van der Waals surface area contributed by atoms with E-state index in [2.05, 4.69) is 17.4 Å². The molecule has 2 fully saturated rings. The fraction of sp³-hybridized carbons (Fsp3) is 0.500. The van der Waals surface area contributed by atoms with E-state index in [0.29, 0.717) is 25.4 Å². The third-order valence-corrected chi connectivity index (χ3v) is 6.78. The van der Waals surface area contributed by atoms with Gasteiger partial charge in [-0.15, -0.1) is 0 Å². The zero-order valence-electron chi connectivity index (χ0n) is 20.4. The largest absolute Gasteiger partial charge is 0.480 e. The Bertz CT molecular complexity index is 982. The molecule has 2 aliphatic rings. The Morgan fingerprint density at radius 3 is 2.26 bits per heavy atom. The van der Waals surface area contributed by atoms with E-state index in [1.165, 1.54) is 5.56 Å². The van der Waals surface area contributed by atoms with Crippen LogP contribution < -0.4 is 5.32 Å². The lowest BCUT2D eigenvalue weighted by atomic mass is 10.0. The predicted molar refractivity (Wildman–Crippen MR) is 132 cm³/mol. The van der Waals surface area contributed by atoms with E-state index < -0.39 is 17.6 Å². The van der Waals surface area contributed by atoms with Crippen LogP contribution in [0.4, 0.5) is 4.79 Å². The summed E-state index contributed by atoms with van der Waals surface area (Å²) in [5.41, 5.74) is 1.57. The first-order valence-electron chi connectivity index (χ1n) is 12.2. The molecule has 0 heterocycles. The number of amides is 1. The molecule has 2 aromatic rings. The van der Waals surface area contributed by atoms with E-state index in [0.717, 1.165) is 24.8 Å². The Kier molecular flexibility index (Phi) is 6.99. The van der Waals surface area contributed by atoms with Gasteiger partial charge in [-0.05, 0) is 57.6 Å². The summed E-state index contributed by atoms with van der Waals surface area (Å²) < 4.78 is 5.77. The van der Waals surface area contributed by atoms with Crippen molar-refractivity contribution in [2.24, 2.45) is 5.41 Å². The van der Waals surface area contributed by atoms with E-state index in [1.54, 1.807) is 0 Å². The van der Waals surface area contributed by atoms with Gasteiger partial charge in [-0.25, -0.2) is 4.79 Å². The van der Waals surface area contributed by atoms with E-state index in [9.17, 15) is 14.7 Å². The Hall–Kier alpha value is -2.86. The summed E-state index contributed by atoms with van der Waals surface area (Å²) in [4.78, 5) is 27.0. The number of ether oxygens (including phenoxy) is 1. The van der Waals surface area contributed by atoms with Gasteiger partial charge in [-0.2, -0.15) is 0 Å².